The summed E-state index contributed by atoms with van der Waals surface area (Å²) in [5.41, 5.74) is 1.10. The molecule has 0 atom stereocenters. The van der Waals surface area contributed by atoms with Gasteiger partial charge in [-0.25, -0.2) is 4.98 Å². The average Bonchev–Trinajstić information content (AvgIpc) is 2.35. The molecule has 1 aromatic rings. The SMILES string of the molecule is CNc1cccc(CN(CCOC)CC(C)C)n1. The zero-order chi connectivity index (χ0) is 13.4. The molecule has 1 aromatic heterocycles. The standard InChI is InChI=1S/C14H25N3O/c1-12(2)10-17(8-9-18-4)11-13-6-5-7-14(15-3)16-13/h5-7,12H,8-11H2,1-4H3,(H,15,16). The maximum Gasteiger partial charge on any atom is 0.126 e. The van der Waals surface area contributed by atoms with Gasteiger partial charge in [-0.1, -0.05) is 19.9 Å². The van der Waals surface area contributed by atoms with Gasteiger partial charge in [0.1, 0.15) is 5.82 Å². The average molecular weight is 251 g/mol. The normalized spacial score (nSPS) is 11.2. The van der Waals surface area contributed by atoms with E-state index in [0.29, 0.717) is 5.92 Å². The summed E-state index contributed by atoms with van der Waals surface area (Å²) in [7, 11) is 3.64. The molecule has 0 amide bonds. The highest BCUT2D eigenvalue weighted by Crippen LogP contribution is 2.08. The van der Waals surface area contributed by atoms with Crippen molar-refractivity contribution in [3.05, 3.63) is 23.9 Å². The zero-order valence-electron chi connectivity index (χ0n) is 11.9. The van der Waals surface area contributed by atoms with Crippen molar-refractivity contribution in [1.82, 2.24) is 9.88 Å². The van der Waals surface area contributed by atoms with Crippen LogP contribution < -0.4 is 5.32 Å². The first-order valence-corrected chi connectivity index (χ1v) is 6.50. The molecule has 0 aliphatic rings. The third-order valence-corrected chi connectivity index (χ3v) is 2.68. The first kappa shape index (κ1) is 14.9. The first-order chi connectivity index (χ1) is 8.65. The number of nitrogens with one attached hydrogen (secondary N) is 1. The predicted octanol–water partition coefficient (Wildman–Crippen LogP) is 2.23. The second kappa shape index (κ2) is 8.06. The maximum atomic E-state index is 5.16. The lowest BCUT2D eigenvalue weighted by Crippen LogP contribution is -2.31. The van der Waals surface area contributed by atoms with Crippen molar-refractivity contribution >= 4 is 5.82 Å². The minimum absolute atomic E-state index is 0.648. The Morgan fingerprint density at radius 1 is 1.39 bits per heavy atom. The van der Waals surface area contributed by atoms with Crippen LogP contribution in [0.25, 0.3) is 0 Å². The third kappa shape index (κ3) is 5.47. The highest BCUT2D eigenvalue weighted by molar-refractivity contribution is 5.34. The van der Waals surface area contributed by atoms with Crippen LogP contribution in [0, 0.1) is 5.92 Å². The van der Waals surface area contributed by atoms with Crippen LogP contribution in [0.4, 0.5) is 5.82 Å². The molecule has 102 valence electrons. The van der Waals surface area contributed by atoms with Gasteiger partial charge in [-0.2, -0.15) is 0 Å². The lowest BCUT2D eigenvalue weighted by Gasteiger charge is -2.23. The molecule has 0 saturated carbocycles. The van der Waals surface area contributed by atoms with Crippen molar-refractivity contribution < 1.29 is 4.74 Å². The van der Waals surface area contributed by atoms with E-state index in [9.17, 15) is 0 Å². The Balaban J connectivity index is 2.62. The summed E-state index contributed by atoms with van der Waals surface area (Å²) < 4.78 is 5.16. The number of aromatic nitrogens is 1. The van der Waals surface area contributed by atoms with E-state index in [4.69, 9.17) is 4.74 Å². The topological polar surface area (TPSA) is 37.4 Å². The lowest BCUT2D eigenvalue weighted by atomic mass is 10.2. The number of pyridine rings is 1. The van der Waals surface area contributed by atoms with Crippen LogP contribution in [-0.2, 0) is 11.3 Å². The second-order valence-electron chi connectivity index (χ2n) is 4.89. The van der Waals surface area contributed by atoms with Crippen molar-refractivity contribution in [1.29, 1.82) is 0 Å². The number of hydrogen-bond donors (Lipinski definition) is 1. The van der Waals surface area contributed by atoms with E-state index in [1.807, 2.05) is 19.2 Å². The summed E-state index contributed by atoms with van der Waals surface area (Å²) in [5.74, 6) is 1.57. The molecule has 0 aromatic carbocycles. The Labute approximate surface area is 110 Å². The van der Waals surface area contributed by atoms with E-state index >= 15 is 0 Å². The van der Waals surface area contributed by atoms with E-state index in [-0.39, 0.29) is 0 Å². The van der Waals surface area contributed by atoms with Crippen LogP contribution >= 0.6 is 0 Å². The fourth-order valence-corrected chi connectivity index (χ4v) is 1.91. The summed E-state index contributed by atoms with van der Waals surface area (Å²) in [4.78, 5) is 6.94. The quantitative estimate of drug-likeness (QED) is 0.769. The molecule has 0 aliphatic heterocycles. The molecule has 1 rings (SSSR count). The summed E-state index contributed by atoms with van der Waals surface area (Å²) in [5, 5.41) is 3.07. The largest absolute Gasteiger partial charge is 0.383 e. The number of ether oxygens (including phenoxy) is 1. The highest BCUT2D eigenvalue weighted by atomic mass is 16.5. The zero-order valence-corrected chi connectivity index (χ0v) is 11.9. The predicted molar refractivity (Wildman–Crippen MR) is 75.8 cm³/mol. The minimum Gasteiger partial charge on any atom is -0.383 e. The first-order valence-electron chi connectivity index (χ1n) is 6.50. The van der Waals surface area contributed by atoms with Gasteiger partial charge in [0.05, 0.1) is 12.3 Å². The maximum absolute atomic E-state index is 5.16. The third-order valence-electron chi connectivity index (χ3n) is 2.68. The molecule has 0 saturated heterocycles. The summed E-state index contributed by atoms with van der Waals surface area (Å²) in [6.45, 7) is 8.11. The Bertz CT molecular complexity index is 342. The van der Waals surface area contributed by atoms with E-state index in [0.717, 1.165) is 37.8 Å². The van der Waals surface area contributed by atoms with Gasteiger partial charge in [-0.3, -0.25) is 4.90 Å². The van der Waals surface area contributed by atoms with Gasteiger partial charge in [0.15, 0.2) is 0 Å². The van der Waals surface area contributed by atoms with Gasteiger partial charge in [-0.15, -0.1) is 0 Å². The molecule has 0 fully saturated rings. The van der Waals surface area contributed by atoms with Crippen LogP contribution in [0.1, 0.15) is 19.5 Å². The molecule has 4 nitrogen and oxygen atoms in total. The molecule has 0 aliphatic carbocycles. The number of methoxy groups -OCH3 is 1. The molecule has 18 heavy (non-hydrogen) atoms. The number of hydrogen-bond acceptors (Lipinski definition) is 4. The van der Waals surface area contributed by atoms with Gasteiger partial charge < -0.3 is 10.1 Å². The van der Waals surface area contributed by atoms with Crippen LogP contribution in [-0.4, -0.2) is 43.7 Å². The minimum atomic E-state index is 0.648. The molecule has 0 radical (unpaired) electrons. The van der Waals surface area contributed by atoms with Gasteiger partial charge >= 0.3 is 0 Å². The van der Waals surface area contributed by atoms with Crippen LogP contribution in [0.3, 0.4) is 0 Å². The molecule has 0 bridgehead atoms. The molecule has 1 N–H and O–H groups in total. The Morgan fingerprint density at radius 3 is 2.78 bits per heavy atom. The van der Waals surface area contributed by atoms with E-state index < -0.39 is 0 Å². The van der Waals surface area contributed by atoms with Crippen LogP contribution in [0.15, 0.2) is 18.2 Å². The van der Waals surface area contributed by atoms with Gasteiger partial charge in [0.2, 0.25) is 0 Å². The van der Waals surface area contributed by atoms with Gasteiger partial charge in [0, 0.05) is 33.8 Å². The molecular formula is C14H25N3O. The fourth-order valence-electron chi connectivity index (χ4n) is 1.91. The van der Waals surface area contributed by atoms with Crippen molar-refractivity contribution in [2.24, 2.45) is 5.92 Å². The van der Waals surface area contributed by atoms with Gasteiger partial charge in [0.25, 0.3) is 0 Å². The van der Waals surface area contributed by atoms with Crippen molar-refractivity contribution in [2.45, 2.75) is 20.4 Å². The number of rotatable bonds is 8. The molecular weight excluding hydrogens is 226 g/mol. The molecule has 0 unspecified atom stereocenters. The van der Waals surface area contributed by atoms with Gasteiger partial charge in [-0.05, 0) is 18.1 Å². The summed E-state index contributed by atoms with van der Waals surface area (Å²) in [6, 6.07) is 6.09. The highest BCUT2D eigenvalue weighted by Gasteiger charge is 2.09. The number of nitrogens with zero attached hydrogens (tertiary/aromatic N) is 2. The van der Waals surface area contributed by atoms with Crippen molar-refractivity contribution in [3.63, 3.8) is 0 Å². The van der Waals surface area contributed by atoms with Crippen molar-refractivity contribution in [2.75, 3.05) is 39.2 Å². The Hall–Kier alpha value is -1.13. The second-order valence-corrected chi connectivity index (χ2v) is 4.89. The van der Waals surface area contributed by atoms with E-state index in [2.05, 4.69) is 35.1 Å². The Morgan fingerprint density at radius 2 is 2.17 bits per heavy atom. The van der Waals surface area contributed by atoms with E-state index in [1.165, 1.54) is 0 Å². The Kier molecular flexibility index (Phi) is 6.68. The molecule has 0 spiro atoms. The van der Waals surface area contributed by atoms with Crippen LogP contribution in [0.5, 0.6) is 0 Å². The molecule has 4 heteroatoms. The smallest absolute Gasteiger partial charge is 0.126 e. The van der Waals surface area contributed by atoms with Crippen molar-refractivity contribution in [3.8, 4) is 0 Å². The van der Waals surface area contributed by atoms with E-state index in [1.54, 1.807) is 7.11 Å². The summed E-state index contributed by atoms with van der Waals surface area (Å²) >= 11 is 0. The molecule has 1 heterocycles. The number of anilines is 1. The monoisotopic (exact) mass is 251 g/mol. The lowest BCUT2D eigenvalue weighted by molar-refractivity contribution is 0.135. The summed E-state index contributed by atoms with van der Waals surface area (Å²) in [6.07, 6.45) is 0. The van der Waals surface area contributed by atoms with Crippen LogP contribution in [0.2, 0.25) is 0 Å². The fraction of sp³-hybridized carbons (Fsp3) is 0.643.